The predicted molar refractivity (Wildman–Crippen MR) is 59.6 cm³/mol. The number of ether oxygens (including phenoxy) is 1. The van der Waals surface area contributed by atoms with Crippen molar-refractivity contribution in [3.8, 4) is 5.88 Å². The van der Waals surface area contributed by atoms with E-state index >= 15 is 0 Å². The summed E-state index contributed by atoms with van der Waals surface area (Å²) >= 11 is 11.3. The lowest BCUT2D eigenvalue weighted by atomic mass is 10.3. The van der Waals surface area contributed by atoms with Crippen LogP contribution in [-0.4, -0.2) is 17.8 Å². The maximum Gasteiger partial charge on any atom is 0.389 e. The van der Waals surface area contributed by atoms with E-state index < -0.39 is 12.6 Å². The Morgan fingerprint density at radius 2 is 2.00 bits per heavy atom. The summed E-state index contributed by atoms with van der Waals surface area (Å²) in [4.78, 5) is 3.96. The molecule has 0 bridgehead atoms. The summed E-state index contributed by atoms with van der Waals surface area (Å²) in [7, 11) is 0. The average molecular weight is 288 g/mol. The maximum absolute atomic E-state index is 11.8. The summed E-state index contributed by atoms with van der Waals surface area (Å²) < 4.78 is 40.6. The molecule has 0 aliphatic heterocycles. The molecule has 0 aromatic carbocycles. The predicted octanol–water partition coefficient (Wildman–Crippen LogP) is 4.20. The van der Waals surface area contributed by atoms with Gasteiger partial charge in [-0.2, -0.15) is 13.2 Å². The highest BCUT2D eigenvalue weighted by atomic mass is 35.5. The SMILES string of the molecule is FC(F)(F)CCCOc1ccc(Cl)c(CCl)n1. The van der Waals surface area contributed by atoms with Crippen molar-refractivity contribution in [1.29, 1.82) is 0 Å². The summed E-state index contributed by atoms with van der Waals surface area (Å²) in [5.41, 5.74) is 0.446. The van der Waals surface area contributed by atoms with Gasteiger partial charge in [-0.3, -0.25) is 0 Å². The molecule has 0 fully saturated rings. The minimum absolute atomic E-state index is 0.0458. The zero-order valence-electron chi connectivity index (χ0n) is 8.73. The topological polar surface area (TPSA) is 22.1 Å². The van der Waals surface area contributed by atoms with Gasteiger partial charge in [-0.1, -0.05) is 11.6 Å². The fourth-order valence-corrected chi connectivity index (χ4v) is 1.53. The second kappa shape index (κ2) is 6.31. The third kappa shape index (κ3) is 5.46. The van der Waals surface area contributed by atoms with Crippen LogP contribution in [0.4, 0.5) is 13.2 Å². The first-order valence-electron chi connectivity index (χ1n) is 4.83. The monoisotopic (exact) mass is 287 g/mol. The summed E-state index contributed by atoms with van der Waals surface area (Å²) in [5, 5.41) is 0.405. The highest BCUT2D eigenvalue weighted by molar-refractivity contribution is 6.32. The smallest absolute Gasteiger partial charge is 0.389 e. The zero-order valence-corrected chi connectivity index (χ0v) is 10.2. The number of hydrogen-bond acceptors (Lipinski definition) is 2. The first-order valence-corrected chi connectivity index (χ1v) is 5.74. The molecule has 7 heteroatoms. The normalized spacial score (nSPS) is 11.6. The highest BCUT2D eigenvalue weighted by Gasteiger charge is 2.26. The molecule has 0 amide bonds. The van der Waals surface area contributed by atoms with Crippen LogP contribution in [0.15, 0.2) is 12.1 Å². The van der Waals surface area contributed by atoms with Crippen LogP contribution < -0.4 is 4.74 Å². The number of aromatic nitrogens is 1. The van der Waals surface area contributed by atoms with E-state index in [9.17, 15) is 13.2 Å². The maximum atomic E-state index is 11.8. The molecule has 0 unspecified atom stereocenters. The van der Waals surface area contributed by atoms with Crippen molar-refractivity contribution < 1.29 is 17.9 Å². The largest absolute Gasteiger partial charge is 0.478 e. The van der Waals surface area contributed by atoms with E-state index in [0.717, 1.165) is 0 Å². The first-order chi connectivity index (χ1) is 7.92. The molecule has 0 N–H and O–H groups in total. The zero-order chi connectivity index (χ0) is 12.9. The van der Waals surface area contributed by atoms with Crippen LogP contribution in [0.2, 0.25) is 5.02 Å². The third-order valence-electron chi connectivity index (χ3n) is 1.87. The van der Waals surface area contributed by atoms with E-state index in [1.165, 1.54) is 6.07 Å². The van der Waals surface area contributed by atoms with Gasteiger partial charge in [-0.05, 0) is 12.5 Å². The number of nitrogens with zero attached hydrogens (tertiary/aromatic N) is 1. The van der Waals surface area contributed by atoms with E-state index in [-0.39, 0.29) is 24.8 Å². The van der Waals surface area contributed by atoms with Crippen molar-refractivity contribution >= 4 is 23.2 Å². The Labute approximate surface area is 107 Å². The molecule has 96 valence electrons. The minimum Gasteiger partial charge on any atom is -0.478 e. The third-order valence-corrected chi connectivity index (χ3v) is 2.47. The molecule has 0 aliphatic rings. The van der Waals surface area contributed by atoms with Crippen molar-refractivity contribution in [2.75, 3.05) is 6.61 Å². The summed E-state index contributed by atoms with van der Waals surface area (Å²) in [6.07, 6.45) is -5.13. The van der Waals surface area contributed by atoms with Crippen molar-refractivity contribution in [2.45, 2.75) is 24.9 Å². The standard InChI is InChI=1S/C10H10Cl2F3NO/c11-6-8-7(12)2-3-9(16-8)17-5-1-4-10(13,14)15/h2-3H,1,4-6H2. The molecule has 1 aromatic heterocycles. The number of pyridine rings is 1. The van der Waals surface area contributed by atoms with Crippen molar-refractivity contribution in [3.05, 3.63) is 22.8 Å². The Morgan fingerprint density at radius 1 is 1.29 bits per heavy atom. The van der Waals surface area contributed by atoms with Gasteiger partial charge in [0.25, 0.3) is 0 Å². The van der Waals surface area contributed by atoms with E-state index in [1.807, 2.05) is 0 Å². The number of rotatable bonds is 5. The van der Waals surface area contributed by atoms with Gasteiger partial charge in [-0.25, -0.2) is 4.98 Å². The lowest BCUT2D eigenvalue weighted by Crippen LogP contribution is -2.10. The van der Waals surface area contributed by atoms with Crippen molar-refractivity contribution in [1.82, 2.24) is 4.98 Å². The Kier molecular flexibility index (Phi) is 5.33. The summed E-state index contributed by atoms with van der Waals surface area (Å²) in [6, 6.07) is 3.04. The molecule has 17 heavy (non-hydrogen) atoms. The molecule has 1 heterocycles. The van der Waals surface area contributed by atoms with Gasteiger partial charge >= 0.3 is 6.18 Å². The number of halogens is 5. The molecule has 1 aromatic rings. The summed E-state index contributed by atoms with van der Waals surface area (Å²) in [5.74, 6) is 0.353. The van der Waals surface area contributed by atoms with Crippen LogP contribution in [0, 0.1) is 0 Å². The average Bonchev–Trinajstić information content (AvgIpc) is 2.25. The van der Waals surface area contributed by atoms with Crippen LogP contribution in [0.25, 0.3) is 0 Å². The van der Waals surface area contributed by atoms with E-state index in [4.69, 9.17) is 27.9 Å². The fourth-order valence-electron chi connectivity index (χ4n) is 1.09. The Hall–Kier alpha value is -0.680. The Bertz CT molecular complexity index is 371. The van der Waals surface area contributed by atoms with Crippen LogP contribution in [0.1, 0.15) is 18.5 Å². The van der Waals surface area contributed by atoms with Crippen molar-refractivity contribution in [2.24, 2.45) is 0 Å². The summed E-state index contributed by atoms with van der Waals surface area (Å²) in [6.45, 7) is -0.0458. The van der Waals surface area contributed by atoms with Gasteiger partial charge < -0.3 is 4.74 Å². The fraction of sp³-hybridized carbons (Fsp3) is 0.500. The quantitative estimate of drug-likeness (QED) is 0.598. The van der Waals surface area contributed by atoms with Gasteiger partial charge in [0.05, 0.1) is 23.2 Å². The van der Waals surface area contributed by atoms with Crippen molar-refractivity contribution in [3.63, 3.8) is 0 Å². The van der Waals surface area contributed by atoms with Crippen LogP contribution in [-0.2, 0) is 5.88 Å². The van der Waals surface area contributed by atoms with E-state index in [0.29, 0.717) is 10.7 Å². The molecule has 0 saturated heterocycles. The first kappa shape index (κ1) is 14.4. The molecule has 2 nitrogen and oxygen atoms in total. The molecular weight excluding hydrogens is 278 g/mol. The van der Waals surface area contributed by atoms with Gasteiger partial charge in [0.15, 0.2) is 0 Å². The molecule has 0 saturated carbocycles. The number of alkyl halides is 4. The molecular formula is C10H10Cl2F3NO. The highest BCUT2D eigenvalue weighted by Crippen LogP contribution is 2.22. The molecule has 0 atom stereocenters. The molecule has 0 aliphatic carbocycles. The molecule has 1 rings (SSSR count). The van der Waals surface area contributed by atoms with E-state index in [2.05, 4.69) is 4.98 Å². The second-order valence-corrected chi connectivity index (χ2v) is 3.95. The van der Waals surface area contributed by atoms with E-state index in [1.54, 1.807) is 6.07 Å². The van der Waals surface area contributed by atoms with Crippen LogP contribution in [0.5, 0.6) is 5.88 Å². The molecule has 0 radical (unpaired) electrons. The van der Waals surface area contributed by atoms with Crippen LogP contribution >= 0.6 is 23.2 Å². The van der Waals surface area contributed by atoms with Gasteiger partial charge in [-0.15, -0.1) is 11.6 Å². The Balaban J connectivity index is 2.42. The lowest BCUT2D eigenvalue weighted by molar-refractivity contribution is -0.136. The minimum atomic E-state index is -4.15. The van der Waals surface area contributed by atoms with Gasteiger partial charge in [0.2, 0.25) is 5.88 Å². The van der Waals surface area contributed by atoms with Crippen LogP contribution in [0.3, 0.4) is 0 Å². The number of hydrogen-bond donors (Lipinski definition) is 0. The second-order valence-electron chi connectivity index (χ2n) is 3.28. The molecule has 0 spiro atoms. The Morgan fingerprint density at radius 3 is 2.59 bits per heavy atom. The van der Waals surface area contributed by atoms with Gasteiger partial charge in [0, 0.05) is 12.5 Å². The van der Waals surface area contributed by atoms with Gasteiger partial charge in [0.1, 0.15) is 0 Å². The lowest BCUT2D eigenvalue weighted by Gasteiger charge is -2.08.